The minimum absolute atomic E-state index is 0.0730. The van der Waals surface area contributed by atoms with Gasteiger partial charge in [0, 0.05) is 12.6 Å². The third-order valence-electron chi connectivity index (χ3n) is 4.58. The van der Waals surface area contributed by atoms with Crippen molar-refractivity contribution >= 4 is 5.91 Å². The van der Waals surface area contributed by atoms with Crippen molar-refractivity contribution in [2.45, 2.75) is 13.0 Å². The lowest BCUT2D eigenvalue weighted by molar-refractivity contribution is 0.0742. The van der Waals surface area contributed by atoms with Crippen molar-refractivity contribution in [1.82, 2.24) is 19.7 Å². The monoisotopic (exact) mass is 350 g/mol. The summed E-state index contributed by atoms with van der Waals surface area (Å²) in [6, 6.07) is 13.1. The lowest BCUT2D eigenvalue weighted by atomic mass is 10.1. The summed E-state index contributed by atoms with van der Waals surface area (Å²) in [4.78, 5) is 18.5. The molecule has 1 aliphatic rings. The molecule has 26 heavy (non-hydrogen) atoms. The van der Waals surface area contributed by atoms with Gasteiger partial charge in [0.2, 0.25) is 6.79 Å². The molecule has 0 radical (unpaired) electrons. The van der Waals surface area contributed by atoms with Crippen LogP contribution in [0.4, 0.5) is 0 Å². The number of fused-ring (bicyclic) bond motifs is 1. The van der Waals surface area contributed by atoms with Gasteiger partial charge in [-0.3, -0.25) is 4.79 Å². The SMILES string of the molecule is C[C@H](c1ccc(-n2cncn2)cc1)N(C)C(=O)c1ccc2c(c1)OCO2. The summed E-state index contributed by atoms with van der Waals surface area (Å²) >= 11 is 0. The maximum Gasteiger partial charge on any atom is 0.254 e. The molecule has 0 unspecified atom stereocenters. The molecule has 1 atom stereocenters. The Morgan fingerprint density at radius 2 is 1.92 bits per heavy atom. The van der Waals surface area contributed by atoms with Gasteiger partial charge < -0.3 is 14.4 Å². The minimum atomic E-state index is -0.0854. The van der Waals surface area contributed by atoms with Crippen LogP contribution in [0.2, 0.25) is 0 Å². The molecule has 0 bridgehead atoms. The van der Waals surface area contributed by atoms with E-state index < -0.39 is 0 Å². The number of hydrogen-bond acceptors (Lipinski definition) is 5. The number of carbonyl (C=O) groups excluding carboxylic acids is 1. The summed E-state index contributed by atoms with van der Waals surface area (Å²) in [7, 11) is 1.79. The Kier molecular flexibility index (Phi) is 4.04. The average Bonchev–Trinajstić information content (AvgIpc) is 3.37. The Labute approximate surface area is 150 Å². The quantitative estimate of drug-likeness (QED) is 0.724. The number of rotatable bonds is 4. The molecule has 0 aliphatic carbocycles. The van der Waals surface area contributed by atoms with Crippen LogP contribution < -0.4 is 9.47 Å². The fourth-order valence-electron chi connectivity index (χ4n) is 2.88. The van der Waals surface area contributed by atoms with Crippen LogP contribution in [0.3, 0.4) is 0 Å². The van der Waals surface area contributed by atoms with E-state index in [-0.39, 0.29) is 18.7 Å². The molecule has 132 valence electrons. The highest BCUT2D eigenvalue weighted by molar-refractivity contribution is 5.95. The fourth-order valence-corrected chi connectivity index (χ4v) is 2.88. The summed E-state index contributed by atoms with van der Waals surface area (Å²) in [5.41, 5.74) is 2.52. The molecule has 7 nitrogen and oxygen atoms in total. The van der Waals surface area contributed by atoms with E-state index in [1.807, 2.05) is 31.2 Å². The number of amides is 1. The number of aromatic nitrogens is 3. The van der Waals surface area contributed by atoms with Gasteiger partial charge in [0.15, 0.2) is 11.5 Å². The highest BCUT2D eigenvalue weighted by atomic mass is 16.7. The Balaban J connectivity index is 1.52. The number of carbonyl (C=O) groups is 1. The molecule has 2 aromatic carbocycles. The van der Waals surface area contributed by atoms with Gasteiger partial charge in [-0.1, -0.05) is 12.1 Å². The van der Waals surface area contributed by atoms with Crippen molar-refractivity contribution < 1.29 is 14.3 Å². The van der Waals surface area contributed by atoms with E-state index in [2.05, 4.69) is 10.1 Å². The van der Waals surface area contributed by atoms with Crippen molar-refractivity contribution in [1.29, 1.82) is 0 Å². The lowest BCUT2D eigenvalue weighted by Gasteiger charge is -2.25. The Morgan fingerprint density at radius 3 is 2.65 bits per heavy atom. The van der Waals surface area contributed by atoms with Gasteiger partial charge in [-0.05, 0) is 42.8 Å². The maximum absolute atomic E-state index is 12.8. The standard InChI is InChI=1S/C19H18N4O3/c1-13(14-3-6-16(7-4-14)23-11-20-10-21-23)22(2)19(24)15-5-8-17-18(9-15)26-12-25-17/h3-11,13H,12H2,1-2H3/t13-/m1/s1. The molecule has 0 saturated heterocycles. The normalized spacial score (nSPS) is 13.5. The van der Waals surface area contributed by atoms with Crippen LogP contribution >= 0.6 is 0 Å². The average molecular weight is 350 g/mol. The van der Waals surface area contributed by atoms with Crippen LogP contribution in [0.1, 0.15) is 28.9 Å². The molecule has 1 amide bonds. The summed E-state index contributed by atoms with van der Waals surface area (Å²) in [5.74, 6) is 1.20. The first kappa shape index (κ1) is 16.1. The van der Waals surface area contributed by atoms with Crippen molar-refractivity contribution in [3.8, 4) is 17.2 Å². The van der Waals surface area contributed by atoms with Gasteiger partial charge in [0.05, 0.1) is 11.7 Å². The van der Waals surface area contributed by atoms with Gasteiger partial charge in [0.1, 0.15) is 12.7 Å². The van der Waals surface area contributed by atoms with Gasteiger partial charge in [-0.15, -0.1) is 0 Å². The summed E-state index contributed by atoms with van der Waals surface area (Å²) in [5, 5.41) is 4.11. The third kappa shape index (κ3) is 2.88. The van der Waals surface area contributed by atoms with Crippen molar-refractivity contribution in [2.24, 2.45) is 0 Å². The van der Waals surface area contributed by atoms with Crippen LogP contribution in [0.15, 0.2) is 55.1 Å². The highest BCUT2D eigenvalue weighted by Crippen LogP contribution is 2.33. The predicted octanol–water partition coefficient (Wildman–Crippen LogP) is 2.83. The lowest BCUT2D eigenvalue weighted by Crippen LogP contribution is -2.29. The van der Waals surface area contributed by atoms with Crippen molar-refractivity contribution in [3.05, 3.63) is 66.2 Å². The second kappa shape index (κ2) is 6.51. The van der Waals surface area contributed by atoms with E-state index >= 15 is 0 Å². The van der Waals surface area contributed by atoms with Gasteiger partial charge in [0.25, 0.3) is 5.91 Å². The molecule has 0 saturated carbocycles. The Morgan fingerprint density at radius 1 is 1.15 bits per heavy atom. The highest BCUT2D eigenvalue weighted by Gasteiger charge is 2.22. The first-order valence-electron chi connectivity index (χ1n) is 8.25. The largest absolute Gasteiger partial charge is 0.454 e. The molecule has 1 aromatic heterocycles. The second-order valence-corrected chi connectivity index (χ2v) is 6.09. The smallest absolute Gasteiger partial charge is 0.254 e. The van der Waals surface area contributed by atoms with E-state index in [4.69, 9.17) is 9.47 Å². The van der Waals surface area contributed by atoms with Crippen molar-refractivity contribution in [3.63, 3.8) is 0 Å². The fraction of sp³-hybridized carbons (Fsp3) is 0.211. The second-order valence-electron chi connectivity index (χ2n) is 6.09. The van der Waals surface area contributed by atoms with E-state index in [1.54, 1.807) is 41.2 Å². The first-order valence-corrected chi connectivity index (χ1v) is 8.25. The number of benzene rings is 2. The molecular weight excluding hydrogens is 332 g/mol. The van der Waals surface area contributed by atoms with Crippen LogP contribution in [-0.4, -0.2) is 39.4 Å². The van der Waals surface area contributed by atoms with E-state index in [9.17, 15) is 4.79 Å². The minimum Gasteiger partial charge on any atom is -0.454 e. The van der Waals surface area contributed by atoms with Gasteiger partial charge >= 0.3 is 0 Å². The van der Waals surface area contributed by atoms with Gasteiger partial charge in [-0.25, -0.2) is 9.67 Å². The molecule has 0 spiro atoms. The first-order chi connectivity index (χ1) is 12.6. The van der Waals surface area contributed by atoms with Crippen molar-refractivity contribution in [2.75, 3.05) is 13.8 Å². The van der Waals surface area contributed by atoms with Crippen LogP contribution in [0.25, 0.3) is 5.69 Å². The zero-order chi connectivity index (χ0) is 18.1. The van der Waals surface area contributed by atoms with Crippen LogP contribution in [0.5, 0.6) is 11.5 Å². The summed E-state index contributed by atoms with van der Waals surface area (Å²) in [6.45, 7) is 2.19. The van der Waals surface area contributed by atoms with Gasteiger partial charge in [-0.2, -0.15) is 5.10 Å². The summed E-state index contributed by atoms with van der Waals surface area (Å²) < 4.78 is 12.3. The number of hydrogen-bond donors (Lipinski definition) is 0. The zero-order valence-electron chi connectivity index (χ0n) is 14.5. The third-order valence-corrected chi connectivity index (χ3v) is 4.58. The predicted molar refractivity (Wildman–Crippen MR) is 94.4 cm³/mol. The topological polar surface area (TPSA) is 69.5 Å². The Bertz CT molecular complexity index is 922. The van der Waals surface area contributed by atoms with Crippen LogP contribution in [0, 0.1) is 0 Å². The molecular formula is C19H18N4O3. The maximum atomic E-state index is 12.8. The molecule has 4 rings (SSSR count). The van der Waals surface area contributed by atoms with Crippen LogP contribution in [-0.2, 0) is 0 Å². The van der Waals surface area contributed by atoms with E-state index in [1.165, 1.54) is 6.33 Å². The van der Waals surface area contributed by atoms with E-state index in [0.29, 0.717) is 17.1 Å². The molecule has 1 aliphatic heterocycles. The molecule has 0 fully saturated rings. The molecule has 2 heterocycles. The zero-order valence-corrected chi connectivity index (χ0v) is 14.5. The molecule has 3 aromatic rings. The molecule has 0 N–H and O–H groups in total. The summed E-state index contributed by atoms with van der Waals surface area (Å²) in [6.07, 6.45) is 3.14. The number of ether oxygens (including phenoxy) is 2. The molecule has 7 heteroatoms. The Hall–Kier alpha value is -3.35. The number of nitrogens with zero attached hydrogens (tertiary/aromatic N) is 4. The van der Waals surface area contributed by atoms with E-state index in [0.717, 1.165) is 11.3 Å².